The van der Waals surface area contributed by atoms with Crippen LogP contribution in [0.25, 0.3) is 0 Å². The van der Waals surface area contributed by atoms with Crippen molar-refractivity contribution < 1.29 is 47.6 Å². The summed E-state index contributed by atoms with van der Waals surface area (Å²) in [4.78, 5) is 55.5. The summed E-state index contributed by atoms with van der Waals surface area (Å²) in [5, 5.41) is 5.74. The summed E-state index contributed by atoms with van der Waals surface area (Å²) < 4.78 is 34.2. The van der Waals surface area contributed by atoms with Gasteiger partial charge >= 0.3 is 11.9 Å². The van der Waals surface area contributed by atoms with Crippen LogP contribution >= 0.6 is 0 Å². The standard InChI is InChI=1S/C36H68N4O10/c1-27(2)23-29(33(43)49-35(5,6)7)37-31(41)25-39-11-15-45-19-21-47-17-13-40(14-18-48-22-20-46-16-12-39)26-32(42)38-30(24-28(3)4)34(44)50-36(8,9)10/h27-30H,11-26H2,1-10H3,(H,37,41)(H,38,42). The Labute approximate surface area is 300 Å². The molecule has 1 aliphatic rings. The first-order valence-electron chi connectivity index (χ1n) is 18.1. The van der Waals surface area contributed by atoms with Crippen LogP contribution in [0.3, 0.4) is 0 Å². The summed E-state index contributed by atoms with van der Waals surface area (Å²) in [6.45, 7) is 23.9. The molecule has 0 spiro atoms. The van der Waals surface area contributed by atoms with Crippen molar-refractivity contribution >= 4 is 23.8 Å². The molecule has 2 unspecified atom stereocenters. The molecule has 0 aromatic rings. The third-order valence-electron chi connectivity index (χ3n) is 7.15. The van der Waals surface area contributed by atoms with Gasteiger partial charge in [-0.05, 0) is 66.2 Å². The molecule has 1 fully saturated rings. The average Bonchev–Trinajstić information content (AvgIpc) is 2.96. The van der Waals surface area contributed by atoms with Crippen LogP contribution in [0.1, 0.15) is 82.1 Å². The predicted octanol–water partition coefficient (Wildman–Crippen LogP) is 2.42. The van der Waals surface area contributed by atoms with E-state index in [1.54, 1.807) is 41.5 Å². The Balaban J connectivity index is 2.69. The summed E-state index contributed by atoms with van der Waals surface area (Å²) >= 11 is 0. The molecular weight excluding hydrogens is 648 g/mol. The second-order valence-electron chi connectivity index (χ2n) is 15.6. The highest BCUT2D eigenvalue weighted by Gasteiger charge is 2.29. The van der Waals surface area contributed by atoms with E-state index >= 15 is 0 Å². The van der Waals surface area contributed by atoms with Crippen LogP contribution in [0, 0.1) is 11.8 Å². The maximum atomic E-state index is 13.0. The van der Waals surface area contributed by atoms with Crippen LogP contribution in [0.4, 0.5) is 0 Å². The first kappa shape index (κ1) is 45.7. The summed E-state index contributed by atoms with van der Waals surface area (Å²) in [5.41, 5.74) is -1.30. The Bertz CT molecular complexity index is 898. The highest BCUT2D eigenvalue weighted by molar-refractivity contribution is 5.86. The molecular formula is C36H68N4O10. The molecule has 2 amide bonds. The van der Waals surface area contributed by atoms with Gasteiger partial charge in [0.15, 0.2) is 0 Å². The van der Waals surface area contributed by atoms with E-state index in [0.717, 1.165) is 0 Å². The van der Waals surface area contributed by atoms with E-state index in [0.29, 0.717) is 91.9 Å². The molecule has 1 rings (SSSR count). The number of amides is 2. The van der Waals surface area contributed by atoms with E-state index in [-0.39, 0.29) is 36.7 Å². The van der Waals surface area contributed by atoms with Crippen molar-refractivity contribution in [1.29, 1.82) is 0 Å². The summed E-state index contributed by atoms with van der Waals surface area (Å²) in [6.07, 6.45) is 0.954. The third kappa shape index (κ3) is 23.9. The second kappa shape index (κ2) is 24.0. The van der Waals surface area contributed by atoms with Crippen LogP contribution in [0.2, 0.25) is 0 Å². The largest absolute Gasteiger partial charge is 0.458 e. The first-order chi connectivity index (χ1) is 23.3. The Kier molecular flexibility index (Phi) is 21.9. The van der Waals surface area contributed by atoms with Gasteiger partial charge in [0.05, 0.1) is 65.9 Å². The zero-order valence-corrected chi connectivity index (χ0v) is 32.6. The van der Waals surface area contributed by atoms with Crippen molar-refractivity contribution in [2.75, 3.05) is 92.1 Å². The number of rotatable bonds is 12. The molecule has 0 aromatic heterocycles. The Morgan fingerprint density at radius 3 is 1.06 bits per heavy atom. The van der Waals surface area contributed by atoms with Gasteiger partial charge in [0.25, 0.3) is 0 Å². The van der Waals surface area contributed by atoms with Gasteiger partial charge in [0.1, 0.15) is 23.3 Å². The van der Waals surface area contributed by atoms with Crippen LogP contribution in [-0.2, 0) is 47.6 Å². The Morgan fingerprint density at radius 2 is 0.820 bits per heavy atom. The number of carbonyl (C=O) groups excluding carboxylic acids is 4. The minimum Gasteiger partial charge on any atom is -0.458 e. The zero-order valence-electron chi connectivity index (χ0n) is 32.6. The van der Waals surface area contributed by atoms with Crippen molar-refractivity contribution in [2.45, 2.75) is 105 Å². The SMILES string of the molecule is CC(C)CC(NC(=O)CN1CCOCCOCCN(CC(=O)NC(CC(C)C)C(=O)OC(C)(C)C)CCOCCOCC1)C(=O)OC(C)(C)C. The molecule has 1 saturated heterocycles. The van der Waals surface area contributed by atoms with Crippen molar-refractivity contribution in [3.63, 3.8) is 0 Å². The molecule has 1 aliphatic heterocycles. The Morgan fingerprint density at radius 1 is 0.540 bits per heavy atom. The van der Waals surface area contributed by atoms with E-state index in [1.165, 1.54) is 0 Å². The highest BCUT2D eigenvalue weighted by atomic mass is 16.6. The smallest absolute Gasteiger partial charge is 0.329 e. The van der Waals surface area contributed by atoms with E-state index in [2.05, 4.69) is 10.6 Å². The van der Waals surface area contributed by atoms with Gasteiger partial charge in [-0.15, -0.1) is 0 Å². The van der Waals surface area contributed by atoms with Gasteiger partial charge in [0, 0.05) is 26.2 Å². The monoisotopic (exact) mass is 716 g/mol. The molecule has 2 N–H and O–H groups in total. The average molecular weight is 717 g/mol. The lowest BCUT2D eigenvalue weighted by Gasteiger charge is -2.27. The molecule has 0 radical (unpaired) electrons. The van der Waals surface area contributed by atoms with Crippen molar-refractivity contribution in [2.24, 2.45) is 11.8 Å². The lowest BCUT2D eigenvalue weighted by atomic mass is 10.0. The highest BCUT2D eigenvalue weighted by Crippen LogP contribution is 2.14. The van der Waals surface area contributed by atoms with E-state index in [4.69, 9.17) is 28.4 Å². The van der Waals surface area contributed by atoms with E-state index < -0.39 is 35.2 Å². The first-order valence-corrected chi connectivity index (χ1v) is 18.1. The van der Waals surface area contributed by atoms with Crippen molar-refractivity contribution in [1.82, 2.24) is 20.4 Å². The van der Waals surface area contributed by atoms with Crippen LogP contribution in [0.15, 0.2) is 0 Å². The molecule has 50 heavy (non-hydrogen) atoms. The molecule has 1 heterocycles. The van der Waals surface area contributed by atoms with Gasteiger partial charge in [-0.25, -0.2) is 9.59 Å². The van der Waals surface area contributed by atoms with Crippen LogP contribution in [-0.4, -0.2) is 149 Å². The summed E-state index contributed by atoms with van der Waals surface area (Å²) in [5.74, 6) is -1.04. The number of hydrogen-bond donors (Lipinski definition) is 2. The third-order valence-corrected chi connectivity index (χ3v) is 7.15. The fourth-order valence-corrected chi connectivity index (χ4v) is 4.96. The summed E-state index contributed by atoms with van der Waals surface area (Å²) in [7, 11) is 0. The van der Waals surface area contributed by atoms with E-state index in [1.807, 2.05) is 37.5 Å². The lowest BCUT2D eigenvalue weighted by Crippen LogP contribution is -2.49. The molecule has 0 aromatic carbocycles. The number of nitrogens with one attached hydrogen (secondary N) is 2. The number of hydrogen-bond acceptors (Lipinski definition) is 12. The normalized spacial score (nSPS) is 18.8. The molecule has 0 saturated carbocycles. The maximum Gasteiger partial charge on any atom is 0.329 e. The van der Waals surface area contributed by atoms with E-state index in [9.17, 15) is 19.2 Å². The molecule has 292 valence electrons. The quantitative estimate of drug-likeness (QED) is 0.285. The number of carbonyl (C=O) groups is 4. The Hall–Kier alpha value is -2.36. The molecule has 2 atom stereocenters. The van der Waals surface area contributed by atoms with Gasteiger partial charge in [-0.3, -0.25) is 19.4 Å². The van der Waals surface area contributed by atoms with Gasteiger partial charge in [0.2, 0.25) is 11.8 Å². The van der Waals surface area contributed by atoms with Crippen molar-refractivity contribution in [3.8, 4) is 0 Å². The fraction of sp³-hybridized carbons (Fsp3) is 0.889. The minimum absolute atomic E-state index is 0.0799. The predicted molar refractivity (Wildman–Crippen MR) is 191 cm³/mol. The van der Waals surface area contributed by atoms with Crippen LogP contribution in [0.5, 0.6) is 0 Å². The topological polar surface area (TPSA) is 154 Å². The minimum atomic E-state index is -0.728. The fourth-order valence-electron chi connectivity index (χ4n) is 4.96. The molecule has 14 nitrogen and oxygen atoms in total. The number of nitrogens with zero attached hydrogens (tertiary/aromatic N) is 2. The van der Waals surface area contributed by atoms with Gasteiger partial charge < -0.3 is 39.1 Å². The molecule has 14 heteroatoms. The number of esters is 2. The molecule has 0 bridgehead atoms. The summed E-state index contributed by atoms with van der Waals surface area (Å²) in [6, 6.07) is -1.46. The van der Waals surface area contributed by atoms with Crippen molar-refractivity contribution in [3.05, 3.63) is 0 Å². The lowest BCUT2D eigenvalue weighted by molar-refractivity contribution is -0.159. The molecule has 0 aliphatic carbocycles. The van der Waals surface area contributed by atoms with Crippen LogP contribution < -0.4 is 10.6 Å². The number of ether oxygens (including phenoxy) is 6. The van der Waals surface area contributed by atoms with Gasteiger partial charge in [-0.1, -0.05) is 27.7 Å². The second-order valence-corrected chi connectivity index (χ2v) is 15.6. The maximum absolute atomic E-state index is 13.0. The zero-order chi connectivity index (χ0) is 37.7. The van der Waals surface area contributed by atoms with Gasteiger partial charge in [-0.2, -0.15) is 0 Å².